The van der Waals surface area contributed by atoms with Gasteiger partial charge in [0.1, 0.15) is 12.4 Å². The molecule has 0 heterocycles. The maximum atomic E-state index is 11.8. The second kappa shape index (κ2) is 7.50. The highest BCUT2D eigenvalue weighted by molar-refractivity contribution is 5.38. The average molecular weight is 292 g/mol. The van der Waals surface area contributed by atoms with Gasteiger partial charge in [0.05, 0.1) is 19.3 Å². The molecule has 114 valence electrons. The molecule has 1 atom stereocenters. The van der Waals surface area contributed by atoms with Crippen LogP contribution < -0.4 is 4.74 Å². The summed E-state index contributed by atoms with van der Waals surface area (Å²) in [5.41, 5.74) is 1.64. The number of hydrogen-bond donors (Lipinski definition) is 1. The third kappa shape index (κ3) is 6.25. The molecule has 0 saturated carbocycles. The van der Waals surface area contributed by atoms with Gasteiger partial charge < -0.3 is 14.6 Å². The van der Waals surface area contributed by atoms with Crippen molar-refractivity contribution in [3.63, 3.8) is 0 Å². The molecule has 0 aliphatic rings. The summed E-state index contributed by atoms with van der Waals surface area (Å²) in [5, 5.41) is 9.60. The zero-order valence-corrected chi connectivity index (χ0v) is 11.5. The number of ether oxygens (including phenoxy) is 2. The van der Waals surface area contributed by atoms with Crippen molar-refractivity contribution in [1.82, 2.24) is 0 Å². The highest BCUT2D eigenvalue weighted by atomic mass is 19.4. The van der Waals surface area contributed by atoms with Crippen molar-refractivity contribution in [3.8, 4) is 5.75 Å². The molecule has 0 radical (unpaired) electrons. The van der Waals surface area contributed by atoms with E-state index >= 15 is 0 Å². The fourth-order valence-corrected chi connectivity index (χ4v) is 1.64. The molecule has 0 aromatic heterocycles. The fourth-order valence-electron chi connectivity index (χ4n) is 1.64. The van der Waals surface area contributed by atoms with Crippen LogP contribution in [0.4, 0.5) is 13.2 Å². The van der Waals surface area contributed by atoms with E-state index in [9.17, 15) is 18.3 Å². The molecule has 0 saturated heterocycles. The Bertz CT molecular complexity index is 417. The molecule has 0 aliphatic heterocycles. The van der Waals surface area contributed by atoms with Crippen LogP contribution in [0.5, 0.6) is 5.75 Å². The normalized spacial score (nSPS) is 13.3. The Labute approximate surface area is 116 Å². The van der Waals surface area contributed by atoms with E-state index in [1.807, 2.05) is 13.0 Å². The highest BCUT2D eigenvalue weighted by Gasteiger charge is 2.27. The zero-order chi connectivity index (χ0) is 15.2. The van der Waals surface area contributed by atoms with Crippen molar-refractivity contribution in [3.05, 3.63) is 29.3 Å². The van der Waals surface area contributed by atoms with E-state index in [0.717, 1.165) is 5.56 Å². The van der Waals surface area contributed by atoms with Crippen LogP contribution in [0.3, 0.4) is 0 Å². The minimum Gasteiger partial charge on any atom is -0.493 e. The van der Waals surface area contributed by atoms with E-state index in [-0.39, 0.29) is 13.2 Å². The Hall–Kier alpha value is -1.27. The maximum absolute atomic E-state index is 11.8. The van der Waals surface area contributed by atoms with Gasteiger partial charge in [-0.05, 0) is 25.5 Å². The third-order valence-electron chi connectivity index (χ3n) is 2.58. The van der Waals surface area contributed by atoms with E-state index in [1.54, 1.807) is 19.1 Å². The minimum absolute atomic E-state index is 0.0185. The van der Waals surface area contributed by atoms with Crippen LogP contribution >= 0.6 is 0 Å². The van der Waals surface area contributed by atoms with Crippen molar-refractivity contribution in [2.45, 2.75) is 32.5 Å². The molecule has 1 N–H and O–H groups in total. The third-order valence-corrected chi connectivity index (χ3v) is 2.58. The zero-order valence-electron chi connectivity index (χ0n) is 11.5. The van der Waals surface area contributed by atoms with Crippen LogP contribution in [-0.4, -0.2) is 31.1 Å². The standard InChI is InChI=1S/C14H19F3O3/c1-10-4-5-12(11(2)18)13(8-10)20-7-3-6-19-9-14(15,16)17/h4-5,8,11,18H,3,6-7,9H2,1-2H3/t11-/m0/s1. The maximum Gasteiger partial charge on any atom is 0.411 e. The molecule has 0 unspecified atom stereocenters. The number of alkyl halides is 3. The Morgan fingerprint density at radius 3 is 2.55 bits per heavy atom. The predicted molar refractivity (Wildman–Crippen MR) is 68.8 cm³/mol. The number of aliphatic hydroxyl groups is 1. The number of aryl methyl sites for hydroxylation is 1. The van der Waals surface area contributed by atoms with Gasteiger partial charge in [-0.2, -0.15) is 13.2 Å². The van der Waals surface area contributed by atoms with Crippen LogP contribution in [0.1, 0.15) is 30.6 Å². The van der Waals surface area contributed by atoms with Crippen LogP contribution in [0.25, 0.3) is 0 Å². The van der Waals surface area contributed by atoms with Gasteiger partial charge >= 0.3 is 6.18 Å². The molecule has 20 heavy (non-hydrogen) atoms. The van der Waals surface area contributed by atoms with Crippen molar-refractivity contribution in [1.29, 1.82) is 0 Å². The average Bonchev–Trinajstić information content (AvgIpc) is 2.32. The lowest BCUT2D eigenvalue weighted by Crippen LogP contribution is -2.18. The largest absolute Gasteiger partial charge is 0.493 e. The lowest BCUT2D eigenvalue weighted by atomic mass is 10.1. The summed E-state index contributed by atoms with van der Waals surface area (Å²) in [6.45, 7) is 2.50. The molecular formula is C14H19F3O3. The van der Waals surface area contributed by atoms with E-state index in [2.05, 4.69) is 4.74 Å². The van der Waals surface area contributed by atoms with Crippen molar-refractivity contribution >= 4 is 0 Å². The molecule has 0 aliphatic carbocycles. The molecule has 1 rings (SSSR count). The molecule has 0 spiro atoms. The van der Waals surface area contributed by atoms with Gasteiger partial charge in [0.2, 0.25) is 0 Å². The molecule has 1 aromatic rings. The first-order chi connectivity index (χ1) is 9.29. The fraction of sp³-hybridized carbons (Fsp3) is 0.571. The highest BCUT2D eigenvalue weighted by Crippen LogP contribution is 2.26. The number of hydrogen-bond acceptors (Lipinski definition) is 3. The second-order valence-corrected chi connectivity index (χ2v) is 4.59. The summed E-state index contributed by atoms with van der Waals surface area (Å²) in [7, 11) is 0. The lowest BCUT2D eigenvalue weighted by Gasteiger charge is -2.14. The van der Waals surface area contributed by atoms with Gasteiger partial charge in [0, 0.05) is 12.0 Å². The van der Waals surface area contributed by atoms with Gasteiger partial charge in [-0.15, -0.1) is 0 Å². The number of halogens is 3. The van der Waals surface area contributed by atoms with E-state index < -0.39 is 18.9 Å². The van der Waals surface area contributed by atoms with Crippen LogP contribution in [0, 0.1) is 6.92 Å². The number of aliphatic hydroxyl groups excluding tert-OH is 1. The topological polar surface area (TPSA) is 38.7 Å². The molecule has 1 aromatic carbocycles. The van der Waals surface area contributed by atoms with Gasteiger partial charge in [0.15, 0.2) is 0 Å². The van der Waals surface area contributed by atoms with Gasteiger partial charge in [0.25, 0.3) is 0 Å². The summed E-state index contributed by atoms with van der Waals surface area (Å²) in [4.78, 5) is 0. The Balaban J connectivity index is 2.37. The summed E-state index contributed by atoms with van der Waals surface area (Å²) < 4.78 is 45.5. The van der Waals surface area contributed by atoms with E-state index in [0.29, 0.717) is 17.7 Å². The SMILES string of the molecule is Cc1ccc([C@H](C)O)c(OCCCOCC(F)(F)F)c1. The smallest absolute Gasteiger partial charge is 0.411 e. The van der Waals surface area contributed by atoms with Crippen LogP contribution in [0.2, 0.25) is 0 Å². The van der Waals surface area contributed by atoms with Gasteiger partial charge in [-0.1, -0.05) is 12.1 Å². The van der Waals surface area contributed by atoms with E-state index in [1.165, 1.54) is 0 Å². The Kier molecular flexibility index (Phi) is 6.29. The number of benzene rings is 1. The second-order valence-electron chi connectivity index (χ2n) is 4.59. The van der Waals surface area contributed by atoms with Gasteiger partial charge in [-0.3, -0.25) is 0 Å². The lowest BCUT2D eigenvalue weighted by molar-refractivity contribution is -0.174. The summed E-state index contributed by atoms with van der Waals surface area (Å²) in [6, 6.07) is 5.43. The van der Waals surface area contributed by atoms with E-state index in [4.69, 9.17) is 4.74 Å². The first-order valence-corrected chi connectivity index (χ1v) is 6.35. The first-order valence-electron chi connectivity index (χ1n) is 6.35. The van der Waals surface area contributed by atoms with Gasteiger partial charge in [-0.25, -0.2) is 0 Å². The molecular weight excluding hydrogens is 273 g/mol. The van der Waals surface area contributed by atoms with Crippen molar-refractivity contribution < 1.29 is 27.8 Å². The molecule has 6 heteroatoms. The quantitative estimate of drug-likeness (QED) is 0.783. The number of rotatable bonds is 7. The Morgan fingerprint density at radius 1 is 1.25 bits per heavy atom. The Morgan fingerprint density at radius 2 is 1.95 bits per heavy atom. The molecule has 0 fully saturated rings. The first kappa shape index (κ1) is 16.8. The monoisotopic (exact) mass is 292 g/mol. The minimum atomic E-state index is -4.29. The van der Waals surface area contributed by atoms with Crippen LogP contribution in [0.15, 0.2) is 18.2 Å². The summed E-state index contributed by atoms with van der Waals surface area (Å²) >= 11 is 0. The molecule has 0 bridgehead atoms. The van der Waals surface area contributed by atoms with Crippen LogP contribution in [-0.2, 0) is 4.74 Å². The van der Waals surface area contributed by atoms with Crippen molar-refractivity contribution in [2.24, 2.45) is 0 Å². The predicted octanol–water partition coefficient (Wildman–Crippen LogP) is 3.40. The van der Waals surface area contributed by atoms with Crippen molar-refractivity contribution in [2.75, 3.05) is 19.8 Å². The molecule has 3 nitrogen and oxygen atoms in total. The molecule has 0 amide bonds. The summed E-state index contributed by atoms with van der Waals surface area (Å²) in [6.07, 6.45) is -4.60. The summed E-state index contributed by atoms with van der Waals surface area (Å²) in [5.74, 6) is 0.552.